The van der Waals surface area contributed by atoms with Gasteiger partial charge in [0, 0.05) is 17.8 Å². The fourth-order valence-corrected chi connectivity index (χ4v) is 2.29. The van der Waals surface area contributed by atoms with Crippen LogP contribution in [-0.2, 0) is 0 Å². The predicted molar refractivity (Wildman–Crippen MR) is 85.8 cm³/mol. The number of benzene rings is 2. The van der Waals surface area contributed by atoms with Crippen molar-refractivity contribution in [3.05, 3.63) is 64.2 Å². The second-order valence-corrected chi connectivity index (χ2v) is 5.43. The van der Waals surface area contributed by atoms with Gasteiger partial charge in [0.15, 0.2) is 0 Å². The van der Waals surface area contributed by atoms with Crippen LogP contribution in [0.4, 0.5) is 11.4 Å². The summed E-state index contributed by atoms with van der Waals surface area (Å²) in [6.45, 7) is 0. The van der Waals surface area contributed by atoms with Gasteiger partial charge in [0.25, 0.3) is 11.6 Å². The lowest BCUT2D eigenvalue weighted by Gasteiger charge is -2.27. The van der Waals surface area contributed by atoms with Crippen molar-refractivity contribution < 1.29 is 14.5 Å². The van der Waals surface area contributed by atoms with E-state index < -0.39 is 4.92 Å². The first-order valence-corrected chi connectivity index (χ1v) is 7.45. The first-order chi connectivity index (χ1) is 11.1. The lowest BCUT2D eigenvalue weighted by Crippen LogP contribution is -2.26. The molecule has 6 heteroatoms. The quantitative estimate of drug-likeness (QED) is 0.673. The molecule has 3 rings (SSSR count). The van der Waals surface area contributed by atoms with Gasteiger partial charge in [0.05, 0.1) is 16.6 Å². The maximum absolute atomic E-state index is 12.4. The van der Waals surface area contributed by atoms with Crippen molar-refractivity contribution in [1.29, 1.82) is 0 Å². The van der Waals surface area contributed by atoms with Gasteiger partial charge in [-0.2, -0.15) is 0 Å². The summed E-state index contributed by atoms with van der Waals surface area (Å²) in [7, 11) is 0. The molecule has 1 aliphatic rings. The summed E-state index contributed by atoms with van der Waals surface area (Å²) in [5.41, 5.74) is 0.938. The van der Waals surface area contributed by atoms with E-state index in [1.165, 1.54) is 24.3 Å². The molecule has 0 heterocycles. The molecule has 2 aromatic rings. The third kappa shape index (κ3) is 3.48. The van der Waals surface area contributed by atoms with Gasteiger partial charge < -0.3 is 10.1 Å². The number of hydrogen-bond acceptors (Lipinski definition) is 4. The van der Waals surface area contributed by atoms with E-state index in [-0.39, 0.29) is 17.7 Å². The number of nitro benzene ring substituents is 1. The van der Waals surface area contributed by atoms with Crippen molar-refractivity contribution in [1.82, 2.24) is 0 Å². The molecule has 1 N–H and O–H groups in total. The van der Waals surface area contributed by atoms with Gasteiger partial charge in [-0.05, 0) is 43.5 Å². The van der Waals surface area contributed by atoms with Crippen molar-refractivity contribution >= 4 is 17.3 Å². The molecule has 0 atom stereocenters. The molecule has 0 aromatic heterocycles. The van der Waals surface area contributed by atoms with E-state index in [4.69, 9.17) is 4.74 Å². The number of amides is 1. The molecule has 1 saturated carbocycles. The summed E-state index contributed by atoms with van der Waals surface area (Å²) in [6.07, 6.45) is 3.36. The van der Waals surface area contributed by atoms with E-state index >= 15 is 0 Å². The molecule has 0 bridgehead atoms. The Labute approximate surface area is 133 Å². The summed E-state index contributed by atoms with van der Waals surface area (Å²) in [4.78, 5) is 22.6. The van der Waals surface area contributed by atoms with Gasteiger partial charge in [-0.3, -0.25) is 14.9 Å². The summed E-state index contributed by atoms with van der Waals surface area (Å²) in [6, 6.07) is 12.8. The van der Waals surface area contributed by atoms with E-state index in [0.717, 1.165) is 19.3 Å². The molecule has 118 valence electrons. The van der Waals surface area contributed by atoms with Crippen LogP contribution >= 0.6 is 0 Å². The molecule has 6 nitrogen and oxygen atoms in total. The molecule has 23 heavy (non-hydrogen) atoms. The fourth-order valence-electron chi connectivity index (χ4n) is 2.29. The zero-order valence-electron chi connectivity index (χ0n) is 12.4. The first kappa shape index (κ1) is 15.0. The summed E-state index contributed by atoms with van der Waals surface area (Å²) in [5.74, 6) is 0.269. The smallest absolute Gasteiger partial charge is 0.269 e. The average Bonchev–Trinajstić information content (AvgIpc) is 2.52. The number of nitrogens with zero attached hydrogens (tertiary/aromatic N) is 1. The fraction of sp³-hybridized carbons (Fsp3) is 0.235. The minimum absolute atomic E-state index is 0.0169. The number of rotatable bonds is 5. The number of carbonyl (C=O) groups is 1. The van der Waals surface area contributed by atoms with Crippen LogP contribution in [0.3, 0.4) is 0 Å². The zero-order chi connectivity index (χ0) is 16.2. The molecular formula is C17H16N2O4. The summed E-state index contributed by atoms with van der Waals surface area (Å²) in [5, 5.41) is 13.4. The van der Waals surface area contributed by atoms with Crippen molar-refractivity contribution in [3.8, 4) is 5.75 Å². The third-order valence-corrected chi connectivity index (χ3v) is 3.81. The number of para-hydroxylation sites is 1. The molecule has 0 aliphatic heterocycles. The standard InChI is InChI=1S/C17H16N2O4/c20-17(18-12-8-10-13(11-9-12)19(21)22)15-6-1-2-7-16(15)23-14-4-3-5-14/h1-2,6-11,14H,3-5H2,(H,18,20). The number of carbonyl (C=O) groups excluding carboxylic acids is 1. The van der Waals surface area contributed by atoms with Gasteiger partial charge in [-0.25, -0.2) is 0 Å². The van der Waals surface area contributed by atoms with Crippen LogP contribution in [0.15, 0.2) is 48.5 Å². The van der Waals surface area contributed by atoms with Crippen LogP contribution in [-0.4, -0.2) is 16.9 Å². The molecule has 1 amide bonds. The number of hydrogen-bond donors (Lipinski definition) is 1. The maximum Gasteiger partial charge on any atom is 0.269 e. The SMILES string of the molecule is O=C(Nc1ccc([N+](=O)[O-])cc1)c1ccccc1OC1CCC1. The van der Waals surface area contributed by atoms with Gasteiger partial charge in [-0.15, -0.1) is 0 Å². The molecule has 0 unspecified atom stereocenters. The molecule has 0 saturated heterocycles. The normalized spacial score (nSPS) is 13.9. The Balaban J connectivity index is 1.73. The van der Waals surface area contributed by atoms with Gasteiger partial charge in [0.1, 0.15) is 5.75 Å². The molecular weight excluding hydrogens is 296 g/mol. The zero-order valence-corrected chi connectivity index (χ0v) is 12.4. The van der Waals surface area contributed by atoms with Crippen LogP contribution in [0, 0.1) is 10.1 Å². The molecule has 1 aliphatic carbocycles. The van der Waals surface area contributed by atoms with Crippen LogP contribution in [0.5, 0.6) is 5.75 Å². The minimum Gasteiger partial charge on any atom is -0.490 e. The molecule has 1 fully saturated rings. The molecule has 2 aromatic carbocycles. The highest BCUT2D eigenvalue weighted by atomic mass is 16.6. The lowest BCUT2D eigenvalue weighted by atomic mass is 9.96. The Bertz CT molecular complexity index is 724. The topological polar surface area (TPSA) is 81.5 Å². The van der Waals surface area contributed by atoms with E-state index in [1.54, 1.807) is 18.2 Å². The van der Waals surface area contributed by atoms with Crippen LogP contribution < -0.4 is 10.1 Å². The second-order valence-electron chi connectivity index (χ2n) is 5.43. The molecule has 0 radical (unpaired) electrons. The second kappa shape index (κ2) is 6.48. The highest BCUT2D eigenvalue weighted by Gasteiger charge is 2.22. The first-order valence-electron chi connectivity index (χ1n) is 7.45. The number of nitro groups is 1. The highest BCUT2D eigenvalue weighted by molar-refractivity contribution is 6.06. The van der Waals surface area contributed by atoms with Gasteiger partial charge >= 0.3 is 0 Å². The van der Waals surface area contributed by atoms with E-state index in [0.29, 0.717) is 17.0 Å². The van der Waals surface area contributed by atoms with Gasteiger partial charge in [0.2, 0.25) is 0 Å². The largest absolute Gasteiger partial charge is 0.490 e. The van der Waals surface area contributed by atoms with E-state index in [1.807, 2.05) is 6.07 Å². The van der Waals surface area contributed by atoms with Crippen LogP contribution in [0.2, 0.25) is 0 Å². The Hall–Kier alpha value is -2.89. The minimum atomic E-state index is -0.479. The average molecular weight is 312 g/mol. The van der Waals surface area contributed by atoms with E-state index in [9.17, 15) is 14.9 Å². The third-order valence-electron chi connectivity index (χ3n) is 3.81. The molecule has 0 spiro atoms. The van der Waals surface area contributed by atoms with E-state index in [2.05, 4.69) is 5.32 Å². The number of ether oxygens (including phenoxy) is 1. The number of anilines is 1. The van der Waals surface area contributed by atoms with Crippen molar-refractivity contribution in [2.75, 3.05) is 5.32 Å². The predicted octanol–water partition coefficient (Wildman–Crippen LogP) is 3.78. The van der Waals surface area contributed by atoms with Crippen LogP contribution in [0.25, 0.3) is 0 Å². The van der Waals surface area contributed by atoms with Crippen molar-refractivity contribution in [2.45, 2.75) is 25.4 Å². The van der Waals surface area contributed by atoms with Gasteiger partial charge in [-0.1, -0.05) is 12.1 Å². The Morgan fingerprint density at radius 2 is 1.83 bits per heavy atom. The number of non-ortho nitro benzene ring substituents is 1. The number of nitrogens with one attached hydrogen (secondary N) is 1. The van der Waals surface area contributed by atoms with Crippen molar-refractivity contribution in [2.24, 2.45) is 0 Å². The highest BCUT2D eigenvalue weighted by Crippen LogP contribution is 2.28. The lowest BCUT2D eigenvalue weighted by molar-refractivity contribution is -0.384. The van der Waals surface area contributed by atoms with Crippen LogP contribution in [0.1, 0.15) is 29.6 Å². The maximum atomic E-state index is 12.4. The van der Waals surface area contributed by atoms with Crippen molar-refractivity contribution in [3.63, 3.8) is 0 Å². The Morgan fingerprint density at radius 1 is 1.13 bits per heavy atom. The Kier molecular flexibility index (Phi) is 4.23. The summed E-state index contributed by atoms with van der Waals surface area (Å²) < 4.78 is 5.84. The Morgan fingerprint density at radius 3 is 2.43 bits per heavy atom. The summed E-state index contributed by atoms with van der Waals surface area (Å²) >= 11 is 0. The monoisotopic (exact) mass is 312 g/mol.